The van der Waals surface area contributed by atoms with Crippen LogP contribution < -0.4 is 0 Å². The molecule has 134 valence electrons. The Morgan fingerprint density at radius 1 is 0.889 bits per heavy atom. The smallest absolute Gasteiger partial charge is 0.251 e. The highest BCUT2D eigenvalue weighted by molar-refractivity contribution is 9.10. The monoisotopic (exact) mass is 420 g/mol. The first-order chi connectivity index (χ1) is 13.0. The molecule has 2 heterocycles. The Hall–Kier alpha value is -2.99. The first-order valence-electron chi connectivity index (χ1n) is 8.48. The van der Waals surface area contributed by atoms with Crippen molar-refractivity contribution in [3.8, 4) is 34.2 Å². The Bertz CT molecular complexity index is 1120. The van der Waals surface area contributed by atoms with Gasteiger partial charge in [-0.05, 0) is 50.2 Å². The summed E-state index contributed by atoms with van der Waals surface area (Å²) >= 11 is 3.46. The molecule has 2 aromatic heterocycles. The third-order valence-electron chi connectivity index (χ3n) is 4.23. The number of aromatic nitrogens is 4. The van der Waals surface area contributed by atoms with E-state index in [1.54, 1.807) is 16.8 Å². The van der Waals surface area contributed by atoms with E-state index in [4.69, 9.17) is 4.98 Å². The van der Waals surface area contributed by atoms with Crippen molar-refractivity contribution < 1.29 is 5.11 Å². The topological polar surface area (TPSA) is 63.8 Å². The van der Waals surface area contributed by atoms with Gasteiger partial charge >= 0.3 is 0 Å². The van der Waals surface area contributed by atoms with Gasteiger partial charge in [-0.3, -0.25) is 0 Å². The van der Waals surface area contributed by atoms with Crippen molar-refractivity contribution in [3.05, 3.63) is 76.5 Å². The molecule has 6 heteroatoms. The van der Waals surface area contributed by atoms with E-state index in [2.05, 4.69) is 26.0 Å². The molecule has 27 heavy (non-hydrogen) atoms. The van der Waals surface area contributed by atoms with Crippen LogP contribution in [0.15, 0.2) is 65.1 Å². The number of phenolic OH excluding ortho intramolecular Hbond substituents is 1. The van der Waals surface area contributed by atoms with Crippen LogP contribution in [-0.2, 0) is 0 Å². The third-order valence-corrected chi connectivity index (χ3v) is 4.76. The maximum atomic E-state index is 10.3. The second kappa shape index (κ2) is 6.96. The molecule has 0 radical (unpaired) electrons. The van der Waals surface area contributed by atoms with E-state index in [1.807, 2.05) is 62.4 Å². The number of para-hydroxylation sites is 1. The Morgan fingerprint density at radius 3 is 2.26 bits per heavy atom. The molecule has 0 aliphatic rings. The van der Waals surface area contributed by atoms with E-state index in [9.17, 15) is 5.11 Å². The highest BCUT2D eigenvalue weighted by atomic mass is 79.9. The molecule has 0 fully saturated rings. The van der Waals surface area contributed by atoms with Crippen molar-refractivity contribution >= 4 is 15.9 Å². The van der Waals surface area contributed by atoms with Gasteiger partial charge in [-0.25, -0.2) is 14.6 Å². The third kappa shape index (κ3) is 3.48. The molecular formula is C21H17BrN4O. The average molecular weight is 421 g/mol. The number of nitrogens with zero attached hydrogens (tertiary/aromatic N) is 4. The predicted molar refractivity (Wildman–Crippen MR) is 109 cm³/mol. The average Bonchev–Trinajstić information content (AvgIpc) is 3.00. The minimum Gasteiger partial charge on any atom is -0.507 e. The normalized spacial score (nSPS) is 10.9. The maximum absolute atomic E-state index is 10.3. The molecule has 0 atom stereocenters. The Labute approximate surface area is 165 Å². The number of hydrogen-bond donors (Lipinski definition) is 1. The Morgan fingerprint density at radius 2 is 1.59 bits per heavy atom. The summed E-state index contributed by atoms with van der Waals surface area (Å²) in [4.78, 5) is 9.40. The predicted octanol–water partition coefficient (Wildman–Crippen LogP) is 5.08. The van der Waals surface area contributed by atoms with Gasteiger partial charge in [0, 0.05) is 21.3 Å². The van der Waals surface area contributed by atoms with Crippen molar-refractivity contribution in [2.75, 3.05) is 0 Å². The first kappa shape index (κ1) is 17.4. The van der Waals surface area contributed by atoms with Gasteiger partial charge in [0.15, 0.2) is 0 Å². The van der Waals surface area contributed by atoms with Crippen LogP contribution in [0.2, 0.25) is 0 Å². The van der Waals surface area contributed by atoms with Crippen LogP contribution in [0.4, 0.5) is 0 Å². The van der Waals surface area contributed by atoms with Gasteiger partial charge in [-0.1, -0.05) is 40.2 Å². The van der Waals surface area contributed by atoms with Crippen LogP contribution in [-0.4, -0.2) is 24.9 Å². The molecule has 1 N–H and O–H groups in total. The van der Waals surface area contributed by atoms with E-state index in [0.717, 1.165) is 27.1 Å². The van der Waals surface area contributed by atoms with Gasteiger partial charge in [0.1, 0.15) is 5.75 Å². The van der Waals surface area contributed by atoms with Crippen molar-refractivity contribution in [1.29, 1.82) is 0 Å². The maximum Gasteiger partial charge on any atom is 0.251 e. The van der Waals surface area contributed by atoms with Crippen molar-refractivity contribution in [1.82, 2.24) is 19.7 Å². The van der Waals surface area contributed by atoms with Gasteiger partial charge in [0.05, 0.1) is 17.1 Å². The van der Waals surface area contributed by atoms with Crippen molar-refractivity contribution in [3.63, 3.8) is 0 Å². The summed E-state index contributed by atoms with van der Waals surface area (Å²) in [5.41, 5.74) is 4.86. The van der Waals surface area contributed by atoms with Crippen molar-refractivity contribution in [2.24, 2.45) is 0 Å². The summed E-state index contributed by atoms with van der Waals surface area (Å²) in [6.45, 7) is 3.90. The zero-order chi connectivity index (χ0) is 19.0. The minimum atomic E-state index is 0.178. The lowest BCUT2D eigenvalue weighted by Crippen LogP contribution is -2.07. The lowest BCUT2D eigenvalue weighted by Gasteiger charge is -2.11. The molecule has 0 unspecified atom stereocenters. The molecule has 4 rings (SSSR count). The molecule has 0 bridgehead atoms. The molecule has 0 aliphatic heterocycles. The molecule has 5 nitrogen and oxygen atoms in total. The van der Waals surface area contributed by atoms with Crippen LogP contribution in [0.1, 0.15) is 11.4 Å². The Kier molecular flexibility index (Phi) is 4.49. The van der Waals surface area contributed by atoms with Crippen LogP contribution >= 0.6 is 15.9 Å². The van der Waals surface area contributed by atoms with E-state index >= 15 is 0 Å². The number of aromatic hydroxyl groups is 1. The lowest BCUT2D eigenvalue weighted by atomic mass is 10.1. The van der Waals surface area contributed by atoms with Gasteiger partial charge in [-0.15, -0.1) is 0 Å². The minimum absolute atomic E-state index is 0.178. The summed E-state index contributed by atoms with van der Waals surface area (Å²) in [5, 5.41) is 14.8. The van der Waals surface area contributed by atoms with E-state index in [-0.39, 0.29) is 5.75 Å². The standard InChI is InChI=1S/C21H17BrN4O/c1-13-11-14(2)26(25-13)21-23-18(15-7-9-16(22)10-8-15)12-19(24-21)17-5-3-4-6-20(17)27/h3-12,27H,1-2H3. The highest BCUT2D eigenvalue weighted by Gasteiger charge is 2.14. The van der Waals surface area contributed by atoms with Crippen LogP contribution in [0.3, 0.4) is 0 Å². The second-order valence-electron chi connectivity index (χ2n) is 6.30. The summed E-state index contributed by atoms with van der Waals surface area (Å²) in [6.07, 6.45) is 0. The van der Waals surface area contributed by atoms with E-state index < -0.39 is 0 Å². The van der Waals surface area contributed by atoms with Gasteiger partial charge in [0.2, 0.25) is 0 Å². The number of phenols is 1. The summed E-state index contributed by atoms with van der Waals surface area (Å²) in [7, 11) is 0. The van der Waals surface area contributed by atoms with Gasteiger partial charge < -0.3 is 5.11 Å². The Balaban J connectivity index is 1.95. The molecule has 0 saturated heterocycles. The fraction of sp³-hybridized carbons (Fsp3) is 0.0952. The molecule has 2 aromatic carbocycles. The first-order valence-corrected chi connectivity index (χ1v) is 9.27. The number of halogens is 1. The highest BCUT2D eigenvalue weighted by Crippen LogP contribution is 2.31. The number of benzene rings is 2. The fourth-order valence-electron chi connectivity index (χ4n) is 2.96. The number of hydrogen-bond acceptors (Lipinski definition) is 4. The number of aryl methyl sites for hydroxylation is 2. The number of rotatable bonds is 3. The molecular weight excluding hydrogens is 404 g/mol. The SMILES string of the molecule is Cc1cc(C)n(-c2nc(-c3ccc(Br)cc3)cc(-c3ccccc3O)n2)n1. The van der Waals surface area contributed by atoms with Crippen LogP contribution in [0.5, 0.6) is 5.75 Å². The molecule has 4 aromatic rings. The van der Waals surface area contributed by atoms with Gasteiger partial charge in [0.25, 0.3) is 5.95 Å². The zero-order valence-corrected chi connectivity index (χ0v) is 16.5. The fourth-order valence-corrected chi connectivity index (χ4v) is 3.22. The van der Waals surface area contributed by atoms with E-state index in [1.165, 1.54) is 0 Å². The summed E-state index contributed by atoms with van der Waals surface area (Å²) in [5.74, 6) is 0.650. The molecule has 0 aliphatic carbocycles. The molecule has 0 spiro atoms. The molecule has 0 amide bonds. The summed E-state index contributed by atoms with van der Waals surface area (Å²) in [6, 6.07) is 19.0. The lowest BCUT2D eigenvalue weighted by molar-refractivity contribution is 0.477. The van der Waals surface area contributed by atoms with Crippen LogP contribution in [0.25, 0.3) is 28.5 Å². The second-order valence-corrected chi connectivity index (χ2v) is 7.22. The quantitative estimate of drug-likeness (QED) is 0.501. The van der Waals surface area contributed by atoms with Crippen molar-refractivity contribution in [2.45, 2.75) is 13.8 Å². The molecule has 0 saturated carbocycles. The van der Waals surface area contributed by atoms with Crippen LogP contribution in [0, 0.1) is 13.8 Å². The van der Waals surface area contributed by atoms with Gasteiger partial charge in [-0.2, -0.15) is 5.10 Å². The summed E-state index contributed by atoms with van der Waals surface area (Å²) < 4.78 is 2.72. The van der Waals surface area contributed by atoms with E-state index in [0.29, 0.717) is 17.2 Å². The zero-order valence-electron chi connectivity index (χ0n) is 14.9. The largest absolute Gasteiger partial charge is 0.507 e.